The van der Waals surface area contributed by atoms with E-state index in [2.05, 4.69) is 60.6 Å². The van der Waals surface area contributed by atoms with E-state index in [-0.39, 0.29) is 5.41 Å². The van der Waals surface area contributed by atoms with Crippen LogP contribution >= 0.6 is 0 Å². The van der Waals surface area contributed by atoms with Crippen LogP contribution in [-0.4, -0.2) is 20.6 Å². The maximum atomic E-state index is 6.26. The van der Waals surface area contributed by atoms with E-state index in [1.165, 1.54) is 5.56 Å². The van der Waals surface area contributed by atoms with E-state index >= 15 is 0 Å². The van der Waals surface area contributed by atoms with E-state index in [4.69, 9.17) is 5.73 Å². The van der Waals surface area contributed by atoms with Crippen molar-refractivity contribution in [3.63, 3.8) is 0 Å². The predicted octanol–water partition coefficient (Wildman–Crippen LogP) is 2.90. The van der Waals surface area contributed by atoms with Crippen LogP contribution in [0.1, 0.15) is 50.9 Å². The highest BCUT2D eigenvalue weighted by Crippen LogP contribution is 2.49. The SMILES string of the molecule is Cc1ccn2c(C3CCC(N)C(C)C3(C)C)nnc2c1. The molecule has 2 heterocycles. The van der Waals surface area contributed by atoms with Gasteiger partial charge in [-0.2, -0.15) is 0 Å². The Morgan fingerprint density at radius 1 is 1.30 bits per heavy atom. The predicted molar refractivity (Wildman–Crippen MR) is 80.6 cm³/mol. The van der Waals surface area contributed by atoms with E-state index in [0.717, 1.165) is 24.3 Å². The Bertz CT molecular complexity index is 628. The number of hydrogen-bond acceptors (Lipinski definition) is 3. The van der Waals surface area contributed by atoms with Gasteiger partial charge in [-0.25, -0.2) is 0 Å². The Hall–Kier alpha value is -1.42. The first kappa shape index (κ1) is 13.6. The molecule has 0 spiro atoms. The molecule has 2 N–H and O–H groups in total. The number of pyridine rings is 1. The summed E-state index contributed by atoms with van der Waals surface area (Å²) in [5.74, 6) is 1.98. The average molecular weight is 272 g/mol. The molecule has 4 heteroatoms. The second-order valence-electron chi connectivity index (χ2n) is 6.89. The zero-order chi connectivity index (χ0) is 14.5. The van der Waals surface area contributed by atoms with Gasteiger partial charge in [0.25, 0.3) is 0 Å². The van der Waals surface area contributed by atoms with Gasteiger partial charge in [0.2, 0.25) is 0 Å². The number of hydrogen-bond donors (Lipinski definition) is 1. The Labute approximate surface area is 120 Å². The molecule has 20 heavy (non-hydrogen) atoms. The number of rotatable bonds is 1. The standard InChI is InChI=1S/C16H24N4/c1-10-7-8-20-14(9-10)18-19-15(20)12-5-6-13(17)11(2)16(12,3)4/h7-9,11-13H,5-6,17H2,1-4H3. The lowest BCUT2D eigenvalue weighted by Crippen LogP contribution is -2.46. The van der Waals surface area contributed by atoms with Crippen LogP contribution in [0.4, 0.5) is 0 Å². The van der Waals surface area contributed by atoms with Crippen molar-refractivity contribution in [2.75, 3.05) is 0 Å². The highest BCUT2D eigenvalue weighted by Gasteiger charge is 2.44. The molecule has 1 saturated carbocycles. The summed E-state index contributed by atoms with van der Waals surface area (Å²) in [6.07, 6.45) is 4.25. The molecule has 3 rings (SSSR count). The molecular formula is C16H24N4. The minimum atomic E-state index is 0.144. The second-order valence-corrected chi connectivity index (χ2v) is 6.89. The minimum absolute atomic E-state index is 0.144. The quantitative estimate of drug-likeness (QED) is 0.868. The third kappa shape index (κ3) is 1.94. The second kappa shape index (κ2) is 4.55. The van der Waals surface area contributed by atoms with Crippen LogP contribution in [0.2, 0.25) is 0 Å². The summed E-state index contributed by atoms with van der Waals surface area (Å²) in [5.41, 5.74) is 8.56. The number of aromatic nitrogens is 3. The van der Waals surface area contributed by atoms with E-state index < -0.39 is 0 Å². The van der Waals surface area contributed by atoms with E-state index in [1.54, 1.807) is 0 Å². The maximum absolute atomic E-state index is 6.26. The van der Waals surface area contributed by atoms with Crippen molar-refractivity contribution in [2.24, 2.45) is 17.1 Å². The summed E-state index contributed by atoms with van der Waals surface area (Å²) in [5, 5.41) is 8.83. The van der Waals surface area contributed by atoms with Gasteiger partial charge in [0.15, 0.2) is 5.65 Å². The fourth-order valence-corrected chi connectivity index (χ4v) is 3.56. The van der Waals surface area contributed by atoms with Gasteiger partial charge in [0.05, 0.1) is 0 Å². The molecule has 0 amide bonds. The minimum Gasteiger partial charge on any atom is -0.327 e. The normalized spacial score (nSPS) is 29.8. The van der Waals surface area contributed by atoms with Crippen LogP contribution in [0, 0.1) is 18.3 Å². The van der Waals surface area contributed by atoms with Crippen molar-refractivity contribution < 1.29 is 0 Å². The van der Waals surface area contributed by atoms with Crippen molar-refractivity contribution in [1.82, 2.24) is 14.6 Å². The van der Waals surface area contributed by atoms with Crippen LogP contribution in [-0.2, 0) is 0 Å². The number of fused-ring (bicyclic) bond motifs is 1. The largest absolute Gasteiger partial charge is 0.327 e. The van der Waals surface area contributed by atoms with Crippen LogP contribution in [0.15, 0.2) is 18.3 Å². The van der Waals surface area contributed by atoms with Gasteiger partial charge in [-0.15, -0.1) is 10.2 Å². The van der Waals surface area contributed by atoms with Crippen molar-refractivity contribution in [1.29, 1.82) is 0 Å². The molecule has 1 aliphatic rings. The summed E-state index contributed by atoms with van der Waals surface area (Å²) in [7, 11) is 0. The monoisotopic (exact) mass is 272 g/mol. The zero-order valence-corrected chi connectivity index (χ0v) is 12.8. The third-order valence-corrected chi connectivity index (χ3v) is 5.41. The smallest absolute Gasteiger partial charge is 0.161 e. The highest BCUT2D eigenvalue weighted by molar-refractivity contribution is 5.41. The molecule has 0 bridgehead atoms. The molecule has 0 aromatic carbocycles. The Kier molecular flexibility index (Phi) is 3.09. The molecule has 3 unspecified atom stereocenters. The molecule has 0 radical (unpaired) electrons. The van der Waals surface area contributed by atoms with Gasteiger partial charge in [-0.1, -0.05) is 20.8 Å². The fraction of sp³-hybridized carbons (Fsp3) is 0.625. The molecule has 108 valence electrons. The number of aryl methyl sites for hydroxylation is 1. The summed E-state index contributed by atoms with van der Waals surface area (Å²) in [6.45, 7) is 8.98. The lowest BCUT2D eigenvalue weighted by Gasteiger charge is -2.46. The summed E-state index contributed by atoms with van der Waals surface area (Å²) in [4.78, 5) is 0. The Morgan fingerprint density at radius 3 is 2.80 bits per heavy atom. The molecule has 2 aromatic heterocycles. The molecular weight excluding hydrogens is 248 g/mol. The van der Waals surface area contributed by atoms with Crippen LogP contribution in [0.25, 0.3) is 5.65 Å². The van der Waals surface area contributed by atoms with Crippen LogP contribution in [0.3, 0.4) is 0 Å². The van der Waals surface area contributed by atoms with Crippen molar-refractivity contribution >= 4 is 5.65 Å². The van der Waals surface area contributed by atoms with Gasteiger partial charge < -0.3 is 5.73 Å². The molecule has 0 aliphatic heterocycles. The highest BCUT2D eigenvalue weighted by atomic mass is 15.2. The molecule has 1 aliphatic carbocycles. The molecule has 0 saturated heterocycles. The van der Waals surface area contributed by atoms with Gasteiger partial charge >= 0.3 is 0 Å². The van der Waals surface area contributed by atoms with E-state index in [1.807, 2.05) is 0 Å². The van der Waals surface area contributed by atoms with Gasteiger partial charge in [0.1, 0.15) is 5.82 Å². The van der Waals surface area contributed by atoms with Crippen molar-refractivity contribution in [3.05, 3.63) is 29.7 Å². The average Bonchev–Trinajstić information content (AvgIpc) is 2.79. The van der Waals surface area contributed by atoms with Crippen molar-refractivity contribution in [3.8, 4) is 0 Å². The van der Waals surface area contributed by atoms with E-state index in [0.29, 0.717) is 17.9 Å². The van der Waals surface area contributed by atoms with Gasteiger partial charge in [-0.3, -0.25) is 4.40 Å². The van der Waals surface area contributed by atoms with E-state index in [9.17, 15) is 0 Å². The van der Waals surface area contributed by atoms with Gasteiger partial charge in [-0.05, 0) is 48.8 Å². The lowest BCUT2D eigenvalue weighted by molar-refractivity contribution is 0.0943. The third-order valence-electron chi connectivity index (χ3n) is 5.41. The van der Waals surface area contributed by atoms with Crippen LogP contribution in [0.5, 0.6) is 0 Å². The molecule has 4 nitrogen and oxygen atoms in total. The summed E-state index contributed by atoms with van der Waals surface area (Å²) in [6, 6.07) is 4.49. The number of nitrogens with two attached hydrogens (primary N) is 1. The number of nitrogens with zero attached hydrogens (tertiary/aromatic N) is 3. The molecule has 3 atom stereocenters. The zero-order valence-electron chi connectivity index (χ0n) is 12.8. The first-order chi connectivity index (χ1) is 9.41. The maximum Gasteiger partial charge on any atom is 0.161 e. The Balaban J connectivity index is 2.06. The van der Waals surface area contributed by atoms with Gasteiger partial charge in [0, 0.05) is 18.2 Å². The molecule has 2 aromatic rings. The van der Waals surface area contributed by atoms with Crippen LogP contribution < -0.4 is 5.73 Å². The Morgan fingerprint density at radius 2 is 2.05 bits per heavy atom. The topological polar surface area (TPSA) is 56.2 Å². The summed E-state index contributed by atoms with van der Waals surface area (Å²) >= 11 is 0. The lowest BCUT2D eigenvalue weighted by atomic mass is 9.61. The first-order valence-corrected chi connectivity index (χ1v) is 7.48. The summed E-state index contributed by atoms with van der Waals surface area (Å²) < 4.78 is 2.14. The first-order valence-electron chi connectivity index (χ1n) is 7.48. The van der Waals surface area contributed by atoms with Crippen molar-refractivity contribution in [2.45, 2.75) is 52.5 Å². The molecule has 1 fully saturated rings. The fourth-order valence-electron chi connectivity index (χ4n) is 3.56.